The number of amides is 1. The minimum absolute atomic E-state index is 0.105. The highest BCUT2D eigenvalue weighted by Gasteiger charge is 2.11. The van der Waals surface area contributed by atoms with Gasteiger partial charge >= 0.3 is 5.97 Å². The van der Waals surface area contributed by atoms with Gasteiger partial charge in [-0.15, -0.1) is 0 Å². The summed E-state index contributed by atoms with van der Waals surface area (Å²) in [5.74, 6) is -0.0728. The largest absolute Gasteiger partial charge is 0.484 e. The molecular formula is C19H21NO4. The Labute approximate surface area is 141 Å². The van der Waals surface area contributed by atoms with Crippen LogP contribution in [0.25, 0.3) is 0 Å². The lowest BCUT2D eigenvalue weighted by Gasteiger charge is -2.11. The molecule has 0 heterocycles. The Balaban J connectivity index is 1.98. The number of benzene rings is 2. The molecule has 0 radical (unpaired) electrons. The van der Waals surface area contributed by atoms with E-state index in [1.54, 1.807) is 25.1 Å². The Morgan fingerprint density at radius 2 is 1.75 bits per heavy atom. The highest BCUT2D eigenvalue weighted by Crippen LogP contribution is 2.18. The maximum atomic E-state index is 12.1. The summed E-state index contributed by atoms with van der Waals surface area (Å²) in [7, 11) is 0. The van der Waals surface area contributed by atoms with Gasteiger partial charge in [0.05, 0.1) is 12.2 Å². The fourth-order valence-electron chi connectivity index (χ4n) is 2.07. The van der Waals surface area contributed by atoms with Gasteiger partial charge in [0.25, 0.3) is 5.91 Å². The zero-order chi connectivity index (χ0) is 17.5. The van der Waals surface area contributed by atoms with Crippen LogP contribution in [0.5, 0.6) is 5.75 Å². The maximum Gasteiger partial charge on any atom is 0.338 e. The van der Waals surface area contributed by atoms with Gasteiger partial charge in [0.1, 0.15) is 5.75 Å². The highest BCUT2D eigenvalue weighted by molar-refractivity contribution is 5.95. The molecule has 0 saturated carbocycles. The van der Waals surface area contributed by atoms with Crippen molar-refractivity contribution in [3.8, 4) is 5.75 Å². The van der Waals surface area contributed by atoms with Crippen molar-refractivity contribution in [3.63, 3.8) is 0 Å². The van der Waals surface area contributed by atoms with Crippen molar-refractivity contribution in [1.82, 2.24) is 0 Å². The third-order valence-corrected chi connectivity index (χ3v) is 3.41. The van der Waals surface area contributed by atoms with Crippen LogP contribution in [0.2, 0.25) is 0 Å². The molecule has 2 aromatic carbocycles. The van der Waals surface area contributed by atoms with Gasteiger partial charge in [0.2, 0.25) is 0 Å². The quantitative estimate of drug-likeness (QED) is 0.825. The number of hydrogen-bond acceptors (Lipinski definition) is 4. The number of aryl methyl sites for hydroxylation is 2. The van der Waals surface area contributed by atoms with E-state index in [1.165, 1.54) is 0 Å². The van der Waals surface area contributed by atoms with Crippen molar-refractivity contribution >= 4 is 17.6 Å². The number of esters is 1. The van der Waals surface area contributed by atoms with Gasteiger partial charge in [-0.1, -0.05) is 23.8 Å². The van der Waals surface area contributed by atoms with Crippen LogP contribution in [0, 0.1) is 13.8 Å². The first-order valence-corrected chi connectivity index (χ1v) is 7.76. The van der Waals surface area contributed by atoms with E-state index < -0.39 is 5.97 Å². The molecule has 2 rings (SSSR count). The van der Waals surface area contributed by atoms with E-state index in [-0.39, 0.29) is 12.5 Å². The zero-order valence-electron chi connectivity index (χ0n) is 14.1. The number of carbonyl (C=O) groups is 2. The second kappa shape index (κ2) is 8.15. The Kier molecular flexibility index (Phi) is 5.95. The zero-order valence-corrected chi connectivity index (χ0v) is 14.1. The van der Waals surface area contributed by atoms with Gasteiger partial charge in [0, 0.05) is 5.69 Å². The van der Waals surface area contributed by atoms with Crippen LogP contribution in [0.4, 0.5) is 5.69 Å². The van der Waals surface area contributed by atoms with Gasteiger partial charge < -0.3 is 14.8 Å². The van der Waals surface area contributed by atoms with Gasteiger partial charge in [-0.05, 0) is 50.6 Å². The highest BCUT2D eigenvalue weighted by atomic mass is 16.5. The normalized spacial score (nSPS) is 10.1. The SMILES string of the molecule is CCOC(=O)c1ccc(C)c(NC(=O)COc2ccc(C)cc2)c1. The topological polar surface area (TPSA) is 64.6 Å². The predicted molar refractivity (Wildman–Crippen MR) is 92.4 cm³/mol. The second-order valence-corrected chi connectivity index (χ2v) is 5.40. The minimum Gasteiger partial charge on any atom is -0.484 e. The van der Waals surface area contributed by atoms with Crippen LogP contribution < -0.4 is 10.1 Å². The van der Waals surface area contributed by atoms with E-state index in [1.807, 2.05) is 38.1 Å². The molecule has 2 aromatic rings. The van der Waals surface area contributed by atoms with E-state index in [2.05, 4.69) is 5.32 Å². The van der Waals surface area contributed by atoms with E-state index >= 15 is 0 Å². The lowest BCUT2D eigenvalue weighted by molar-refractivity contribution is -0.118. The molecular weight excluding hydrogens is 306 g/mol. The average Bonchev–Trinajstić information content (AvgIpc) is 2.56. The summed E-state index contributed by atoms with van der Waals surface area (Å²) in [6, 6.07) is 12.5. The van der Waals surface area contributed by atoms with Gasteiger partial charge in [-0.25, -0.2) is 4.79 Å². The summed E-state index contributed by atoms with van der Waals surface area (Å²) in [6.45, 7) is 5.78. The second-order valence-electron chi connectivity index (χ2n) is 5.40. The van der Waals surface area contributed by atoms with Crippen molar-refractivity contribution in [2.75, 3.05) is 18.5 Å². The molecule has 0 spiro atoms. The molecule has 1 amide bonds. The molecule has 0 atom stereocenters. The molecule has 0 unspecified atom stereocenters. The summed E-state index contributed by atoms with van der Waals surface area (Å²) in [4.78, 5) is 23.8. The van der Waals surface area contributed by atoms with Crippen LogP contribution in [0.1, 0.15) is 28.4 Å². The Hall–Kier alpha value is -2.82. The van der Waals surface area contributed by atoms with Crippen molar-refractivity contribution in [2.24, 2.45) is 0 Å². The van der Waals surface area contributed by atoms with Gasteiger partial charge in [0.15, 0.2) is 6.61 Å². The first kappa shape index (κ1) is 17.5. The minimum atomic E-state index is -0.413. The molecule has 0 bridgehead atoms. The maximum absolute atomic E-state index is 12.1. The van der Waals surface area contributed by atoms with E-state index in [4.69, 9.17) is 9.47 Å². The lowest BCUT2D eigenvalue weighted by Crippen LogP contribution is -2.21. The fourth-order valence-corrected chi connectivity index (χ4v) is 2.07. The molecule has 0 aliphatic carbocycles. The van der Waals surface area contributed by atoms with Gasteiger partial charge in [-0.2, -0.15) is 0 Å². The number of nitrogens with one attached hydrogen (secondary N) is 1. The van der Waals surface area contributed by atoms with Crippen LogP contribution in [-0.2, 0) is 9.53 Å². The van der Waals surface area contributed by atoms with E-state index in [0.29, 0.717) is 23.6 Å². The number of carbonyl (C=O) groups excluding carboxylic acids is 2. The molecule has 5 nitrogen and oxygen atoms in total. The summed E-state index contributed by atoms with van der Waals surface area (Å²) >= 11 is 0. The average molecular weight is 327 g/mol. The van der Waals surface area contributed by atoms with Crippen molar-refractivity contribution in [3.05, 3.63) is 59.2 Å². The van der Waals surface area contributed by atoms with Crippen LogP contribution >= 0.6 is 0 Å². The first-order chi connectivity index (χ1) is 11.5. The summed E-state index contributed by atoms with van der Waals surface area (Å²) < 4.78 is 10.4. The number of rotatable bonds is 6. The molecule has 0 saturated heterocycles. The summed E-state index contributed by atoms with van der Waals surface area (Å²) in [5.41, 5.74) is 2.94. The Morgan fingerprint density at radius 1 is 1.04 bits per heavy atom. The summed E-state index contributed by atoms with van der Waals surface area (Å²) in [6.07, 6.45) is 0. The smallest absolute Gasteiger partial charge is 0.338 e. The fraction of sp³-hybridized carbons (Fsp3) is 0.263. The Bertz CT molecular complexity index is 723. The molecule has 24 heavy (non-hydrogen) atoms. The monoisotopic (exact) mass is 327 g/mol. The number of anilines is 1. The number of ether oxygens (including phenoxy) is 2. The van der Waals surface area contributed by atoms with E-state index in [9.17, 15) is 9.59 Å². The number of hydrogen-bond donors (Lipinski definition) is 1. The molecule has 0 aromatic heterocycles. The van der Waals surface area contributed by atoms with Crippen LogP contribution in [0.3, 0.4) is 0 Å². The lowest BCUT2D eigenvalue weighted by atomic mass is 10.1. The molecule has 0 aliphatic rings. The molecule has 5 heteroatoms. The van der Waals surface area contributed by atoms with Gasteiger partial charge in [-0.3, -0.25) is 4.79 Å². The van der Waals surface area contributed by atoms with Crippen molar-refractivity contribution in [1.29, 1.82) is 0 Å². The third-order valence-electron chi connectivity index (χ3n) is 3.41. The third kappa shape index (κ3) is 4.84. The first-order valence-electron chi connectivity index (χ1n) is 7.76. The van der Waals surface area contributed by atoms with Crippen molar-refractivity contribution in [2.45, 2.75) is 20.8 Å². The molecule has 126 valence electrons. The predicted octanol–water partition coefficient (Wildman–Crippen LogP) is 3.50. The van der Waals surface area contributed by atoms with Crippen LogP contribution in [0.15, 0.2) is 42.5 Å². The Morgan fingerprint density at radius 3 is 2.42 bits per heavy atom. The molecule has 1 N–H and O–H groups in total. The van der Waals surface area contributed by atoms with Crippen molar-refractivity contribution < 1.29 is 19.1 Å². The van der Waals surface area contributed by atoms with Crippen LogP contribution in [-0.4, -0.2) is 25.1 Å². The summed E-state index contributed by atoms with van der Waals surface area (Å²) in [5, 5.41) is 2.76. The molecule has 0 aliphatic heterocycles. The van der Waals surface area contributed by atoms with E-state index in [0.717, 1.165) is 11.1 Å². The standard InChI is InChI=1S/C19H21NO4/c1-4-23-19(22)15-8-7-14(3)17(11-15)20-18(21)12-24-16-9-5-13(2)6-10-16/h5-11H,4,12H2,1-3H3,(H,20,21). The molecule has 0 fully saturated rings.